The quantitative estimate of drug-likeness (QED) is 0.620. The van der Waals surface area contributed by atoms with Gasteiger partial charge >= 0.3 is 0 Å². The fourth-order valence-electron chi connectivity index (χ4n) is 2.99. The Morgan fingerprint density at radius 2 is 1.95 bits per heavy atom. The van der Waals surface area contributed by atoms with Gasteiger partial charge in [-0.05, 0) is 55.5 Å². The van der Waals surface area contributed by atoms with Crippen molar-refractivity contribution in [1.29, 1.82) is 0 Å². The highest BCUT2D eigenvalue weighted by atomic mass is 16.5. The first-order chi connectivity index (χ1) is 10.7. The Morgan fingerprint density at radius 3 is 2.50 bits per heavy atom. The standard InChI is InChI=1S/C19H27NO2/c1-3-5-14-22-18-8-6-17(7-9-18)15-20-12-10-19(4-2,16-21)11-13-20/h1,6-9,21H,4-5,10-16H2,2H3. The molecule has 0 saturated carbocycles. The van der Waals surface area contributed by atoms with Crippen LogP contribution in [-0.2, 0) is 6.54 Å². The summed E-state index contributed by atoms with van der Waals surface area (Å²) in [5, 5.41) is 9.59. The average Bonchev–Trinajstić information content (AvgIpc) is 2.58. The maximum atomic E-state index is 9.59. The van der Waals surface area contributed by atoms with E-state index in [4.69, 9.17) is 11.2 Å². The summed E-state index contributed by atoms with van der Waals surface area (Å²) >= 11 is 0. The highest BCUT2D eigenvalue weighted by molar-refractivity contribution is 5.27. The maximum absolute atomic E-state index is 9.59. The number of terminal acetylenes is 1. The van der Waals surface area contributed by atoms with Gasteiger partial charge in [0.1, 0.15) is 5.75 Å². The molecule has 1 heterocycles. The SMILES string of the molecule is C#CCCOc1ccc(CN2CCC(CC)(CO)CC2)cc1. The third-order valence-electron chi connectivity index (χ3n) is 4.85. The van der Waals surface area contributed by atoms with Gasteiger partial charge in [-0.25, -0.2) is 0 Å². The lowest BCUT2D eigenvalue weighted by Gasteiger charge is -2.40. The summed E-state index contributed by atoms with van der Waals surface area (Å²) in [5.74, 6) is 3.45. The van der Waals surface area contributed by atoms with Crippen LogP contribution in [0.3, 0.4) is 0 Å². The molecule has 1 fully saturated rings. The molecular weight excluding hydrogens is 274 g/mol. The lowest BCUT2D eigenvalue weighted by Crippen LogP contribution is -2.41. The van der Waals surface area contributed by atoms with Crippen LogP contribution in [0.2, 0.25) is 0 Å². The molecule has 0 aromatic heterocycles. The minimum absolute atomic E-state index is 0.158. The van der Waals surface area contributed by atoms with Crippen molar-refractivity contribution < 1.29 is 9.84 Å². The Kier molecular flexibility index (Phi) is 6.30. The van der Waals surface area contributed by atoms with Crippen LogP contribution in [0.25, 0.3) is 0 Å². The second-order valence-corrected chi connectivity index (χ2v) is 6.23. The summed E-state index contributed by atoms with van der Waals surface area (Å²) in [4.78, 5) is 2.47. The number of nitrogens with zero attached hydrogens (tertiary/aromatic N) is 1. The van der Waals surface area contributed by atoms with E-state index in [1.165, 1.54) is 5.56 Å². The lowest BCUT2D eigenvalue weighted by molar-refractivity contribution is 0.0382. The van der Waals surface area contributed by atoms with E-state index in [0.29, 0.717) is 19.6 Å². The van der Waals surface area contributed by atoms with Crippen LogP contribution in [0.15, 0.2) is 24.3 Å². The van der Waals surface area contributed by atoms with Gasteiger partial charge in [-0.15, -0.1) is 12.3 Å². The van der Waals surface area contributed by atoms with Crippen molar-refractivity contribution in [3.8, 4) is 18.1 Å². The smallest absolute Gasteiger partial charge is 0.119 e. The number of rotatable bonds is 7. The largest absolute Gasteiger partial charge is 0.493 e. The summed E-state index contributed by atoms with van der Waals surface area (Å²) in [6, 6.07) is 8.28. The molecule has 0 bridgehead atoms. The van der Waals surface area contributed by atoms with Crippen LogP contribution in [-0.4, -0.2) is 36.3 Å². The van der Waals surface area contributed by atoms with Gasteiger partial charge in [-0.3, -0.25) is 4.90 Å². The average molecular weight is 301 g/mol. The predicted octanol–water partition coefficient (Wildman–Crippen LogP) is 3.07. The summed E-state index contributed by atoms with van der Waals surface area (Å²) in [5.41, 5.74) is 1.46. The van der Waals surface area contributed by atoms with E-state index in [1.54, 1.807) is 0 Å². The molecule has 1 N–H and O–H groups in total. The number of hydrogen-bond acceptors (Lipinski definition) is 3. The molecule has 1 aromatic carbocycles. The van der Waals surface area contributed by atoms with Gasteiger partial charge in [-0.2, -0.15) is 0 Å². The molecule has 2 rings (SSSR count). The summed E-state index contributed by atoms with van der Waals surface area (Å²) < 4.78 is 5.56. The number of benzene rings is 1. The molecule has 1 aliphatic heterocycles. The van der Waals surface area contributed by atoms with Gasteiger partial charge in [0.05, 0.1) is 6.61 Å². The topological polar surface area (TPSA) is 32.7 Å². The van der Waals surface area contributed by atoms with Crippen LogP contribution in [0.5, 0.6) is 5.75 Å². The normalized spacial score (nSPS) is 17.9. The molecule has 1 aliphatic rings. The fourth-order valence-corrected chi connectivity index (χ4v) is 2.99. The number of aliphatic hydroxyl groups is 1. The van der Waals surface area contributed by atoms with Crippen molar-refractivity contribution in [3.63, 3.8) is 0 Å². The molecule has 0 radical (unpaired) electrons. The third-order valence-corrected chi connectivity index (χ3v) is 4.85. The Labute approximate surface area is 134 Å². The number of aliphatic hydroxyl groups excluding tert-OH is 1. The zero-order valence-electron chi connectivity index (χ0n) is 13.6. The van der Waals surface area contributed by atoms with Crippen LogP contribution < -0.4 is 4.74 Å². The van der Waals surface area contributed by atoms with Crippen LogP contribution in [0.4, 0.5) is 0 Å². The van der Waals surface area contributed by atoms with E-state index in [0.717, 1.165) is 44.6 Å². The molecule has 22 heavy (non-hydrogen) atoms. The van der Waals surface area contributed by atoms with Crippen LogP contribution in [0, 0.1) is 17.8 Å². The van der Waals surface area contributed by atoms with Crippen molar-refractivity contribution in [3.05, 3.63) is 29.8 Å². The number of likely N-dealkylation sites (tertiary alicyclic amines) is 1. The summed E-state index contributed by atoms with van der Waals surface area (Å²) in [6.45, 7) is 6.17. The Balaban J connectivity index is 1.81. The van der Waals surface area contributed by atoms with Crippen molar-refractivity contribution >= 4 is 0 Å². The monoisotopic (exact) mass is 301 g/mol. The zero-order valence-corrected chi connectivity index (χ0v) is 13.6. The molecule has 0 spiro atoms. The molecule has 0 amide bonds. The molecule has 120 valence electrons. The van der Waals surface area contributed by atoms with Gasteiger partial charge in [0.2, 0.25) is 0 Å². The number of hydrogen-bond donors (Lipinski definition) is 1. The first-order valence-corrected chi connectivity index (χ1v) is 8.20. The van der Waals surface area contributed by atoms with Crippen LogP contribution in [0.1, 0.15) is 38.2 Å². The minimum atomic E-state index is 0.158. The highest BCUT2D eigenvalue weighted by Crippen LogP contribution is 2.34. The molecule has 3 nitrogen and oxygen atoms in total. The van der Waals surface area contributed by atoms with E-state index in [-0.39, 0.29) is 5.41 Å². The van der Waals surface area contributed by atoms with E-state index >= 15 is 0 Å². The maximum Gasteiger partial charge on any atom is 0.119 e. The summed E-state index contributed by atoms with van der Waals surface area (Å²) in [7, 11) is 0. The lowest BCUT2D eigenvalue weighted by atomic mass is 9.77. The highest BCUT2D eigenvalue weighted by Gasteiger charge is 2.32. The third kappa shape index (κ3) is 4.50. The van der Waals surface area contributed by atoms with Crippen LogP contribution >= 0.6 is 0 Å². The Bertz CT molecular complexity index is 475. The van der Waals surface area contributed by atoms with E-state index < -0.39 is 0 Å². The molecular formula is C19H27NO2. The van der Waals surface area contributed by atoms with Crippen molar-refractivity contribution in [2.75, 3.05) is 26.3 Å². The molecule has 0 unspecified atom stereocenters. The second-order valence-electron chi connectivity index (χ2n) is 6.23. The van der Waals surface area contributed by atoms with Crippen molar-refractivity contribution in [2.45, 2.75) is 39.2 Å². The first kappa shape index (κ1) is 16.9. The van der Waals surface area contributed by atoms with Crippen molar-refractivity contribution in [1.82, 2.24) is 4.90 Å². The Morgan fingerprint density at radius 1 is 1.27 bits per heavy atom. The molecule has 0 aliphatic carbocycles. The Hall–Kier alpha value is -1.50. The molecule has 0 atom stereocenters. The van der Waals surface area contributed by atoms with E-state index in [9.17, 15) is 5.11 Å². The molecule has 1 saturated heterocycles. The first-order valence-electron chi connectivity index (χ1n) is 8.20. The predicted molar refractivity (Wildman–Crippen MR) is 89.7 cm³/mol. The molecule has 3 heteroatoms. The number of piperidine rings is 1. The van der Waals surface area contributed by atoms with Gasteiger partial charge < -0.3 is 9.84 Å². The van der Waals surface area contributed by atoms with Gasteiger partial charge in [0.25, 0.3) is 0 Å². The van der Waals surface area contributed by atoms with Gasteiger partial charge in [0, 0.05) is 19.6 Å². The number of ether oxygens (including phenoxy) is 1. The van der Waals surface area contributed by atoms with E-state index in [2.05, 4.69) is 29.9 Å². The summed E-state index contributed by atoms with van der Waals surface area (Å²) in [6.07, 6.45) is 9.10. The fraction of sp³-hybridized carbons (Fsp3) is 0.579. The second kappa shape index (κ2) is 8.22. The minimum Gasteiger partial charge on any atom is -0.493 e. The van der Waals surface area contributed by atoms with Crippen molar-refractivity contribution in [2.24, 2.45) is 5.41 Å². The van der Waals surface area contributed by atoms with E-state index in [1.807, 2.05) is 12.1 Å². The van der Waals surface area contributed by atoms with Gasteiger partial charge in [0.15, 0.2) is 0 Å². The molecule has 1 aromatic rings. The zero-order chi connectivity index (χ0) is 15.8. The van der Waals surface area contributed by atoms with Gasteiger partial charge in [-0.1, -0.05) is 19.1 Å².